The Hall–Kier alpha value is -0.730. The Morgan fingerprint density at radius 3 is 2.82 bits per heavy atom. The van der Waals surface area contributed by atoms with E-state index in [4.69, 9.17) is 22.1 Å². The van der Waals surface area contributed by atoms with Crippen molar-refractivity contribution in [3.8, 4) is 5.75 Å². The van der Waals surface area contributed by atoms with Crippen molar-refractivity contribution in [1.82, 2.24) is 0 Å². The molecule has 0 saturated heterocycles. The summed E-state index contributed by atoms with van der Waals surface area (Å²) < 4.78 is 6.25. The van der Waals surface area contributed by atoms with Gasteiger partial charge in [-0.05, 0) is 56.8 Å². The average Bonchev–Trinajstić information content (AvgIpc) is 2.77. The molecule has 3 rings (SSSR count). The van der Waals surface area contributed by atoms with Gasteiger partial charge in [0.2, 0.25) is 0 Å². The zero-order valence-corrected chi connectivity index (χ0v) is 10.7. The van der Waals surface area contributed by atoms with Crippen molar-refractivity contribution >= 4 is 11.6 Å². The lowest BCUT2D eigenvalue weighted by molar-refractivity contribution is 0.0429. The fourth-order valence-electron chi connectivity index (χ4n) is 3.30. The standard InChI is InChI=1S/C14H18ClNO/c15-11-3-4-13-12(7-11)10(9-16)8-14(17-13)5-1-2-6-14/h3-4,7,10H,1-2,5-6,8-9,16H2. The van der Waals surface area contributed by atoms with Crippen LogP contribution in [-0.2, 0) is 0 Å². The molecule has 92 valence electrons. The molecule has 1 aliphatic heterocycles. The van der Waals surface area contributed by atoms with E-state index in [1.54, 1.807) is 0 Å². The molecule has 1 heterocycles. The molecular weight excluding hydrogens is 234 g/mol. The minimum absolute atomic E-state index is 0.0604. The van der Waals surface area contributed by atoms with Gasteiger partial charge >= 0.3 is 0 Å². The molecule has 1 spiro atoms. The van der Waals surface area contributed by atoms with Gasteiger partial charge < -0.3 is 10.5 Å². The number of ether oxygens (including phenoxy) is 1. The number of benzene rings is 1. The second kappa shape index (κ2) is 4.18. The summed E-state index contributed by atoms with van der Waals surface area (Å²) in [5.74, 6) is 1.40. The van der Waals surface area contributed by atoms with Gasteiger partial charge in [-0.2, -0.15) is 0 Å². The highest BCUT2D eigenvalue weighted by atomic mass is 35.5. The maximum atomic E-state index is 6.25. The predicted molar refractivity (Wildman–Crippen MR) is 69.7 cm³/mol. The van der Waals surface area contributed by atoms with Gasteiger partial charge in [-0.25, -0.2) is 0 Å². The second-order valence-corrected chi connectivity index (χ2v) is 5.75. The highest BCUT2D eigenvalue weighted by Gasteiger charge is 2.42. The molecule has 0 amide bonds. The first-order valence-corrected chi connectivity index (χ1v) is 6.79. The van der Waals surface area contributed by atoms with Crippen molar-refractivity contribution in [1.29, 1.82) is 0 Å². The van der Waals surface area contributed by atoms with E-state index in [-0.39, 0.29) is 5.60 Å². The van der Waals surface area contributed by atoms with Gasteiger partial charge in [0.05, 0.1) is 0 Å². The fourth-order valence-corrected chi connectivity index (χ4v) is 3.48. The third kappa shape index (κ3) is 1.94. The first-order valence-electron chi connectivity index (χ1n) is 6.41. The molecular formula is C14H18ClNO. The number of halogens is 1. The Balaban J connectivity index is 2.00. The van der Waals surface area contributed by atoms with Crippen LogP contribution in [0.4, 0.5) is 0 Å². The lowest BCUT2D eigenvalue weighted by atomic mass is 9.81. The van der Waals surface area contributed by atoms with Gasteiger partial charge in [-0.3, -0.25) is 0 Å². The van der Waals surface area contributed by atoms with Crippen molar-refractivity contribution in [2.24, 2.45) is 5.73 Å². The van der Waals surface area contributed by atoms with Crippen LogP contribution in [0, 0.1) is 0 Å². The summed E-state index contributed by atoms with van der Waals surface area (Å²) in [6.45, 7) is 0.679. The molecule has 1 aliphatic carbocycles. The van der Waals surface area contributed by atoms with E-state index in [0.29, 0.717) is 12.5 Å². The molecule has 2 N–H and O–H groups in total. The van der Waals surface area contributed by atoms with Gasteiger partial charge in [0.25, 0.3) is 0 Å². The summed E-state index contributed by atoms with van der Waals surface area (Å²) in [5.41, 5.74) is 7.17. The van der Waals surface area contributed by atoms with Gasteiger partial charge in [0, 0.05) is 16.5 Å². The molecule has 0 bridgehead atoms. The molecule has 1 saturated carbocycles. The van der Waals surface area contributed by atoms with E-state index in [2.05, 4.69) is 0 Å². The molecule has 3 heteroatoms. The minimum atomic E-state index is 0.0604. The minimum Gasteiger partial charge on any atom is -0.487 e. The molecule has 1 atom stereocenters. The van der Waals surface area contributed by atoms with Crippen molar-refractivity contribution in [3.63, 3.8) is 0 Å². The molecule has 17 heavy (non-hydrogen) atoms. The Bertz CT molecular complexity index is 426. The third-order valence-electron chi connectivity index (χ3n) is 4.16. The summed E-state index contributed by atoms with van der Waals surface area (Å²) in [6, 6.07) is 5.91. The van der Waals surface area contributed by atoms with E-state index in [1.165, 1.54) is 31.2 Å². The van der Waals surface area contributed by atoms with Crippen LogP contribution in [-0.4, -0.2) is 12.1 Å². The number of fused-ring (bicyclic) bond motifs is 1. The normalized spacial score (nSPS) is 25.6. The summed E-state index contributed by atoms with van der Waals surface area (Å²) in [7, 11) is 0. The Morgan fingerprint density at radius 1 is 1.35 bits per heavy atom. The van der Waals surface area contributed by atoms with Crippen LogP contribution in [0.2, 0.25) is 5.02 Å². The third-order valence-corrected chi connectivity index (χ3v) is 4.39. The van der Waals surface area contributed by atoms with Gasteiger partial charge in [0.15, 0.2) is 0 Å². The van der Waals surface area contributed by atoms with Crippen molar-refractivity contribution < 1.29 is 4.74 Å². The topological polar surface area (TPSA) is 35.2 Å². The van der Waals surface area contributed by atoms with Crippen molar-refractivity contribution in [2.75, 3.05) is 6.54 Å². The summed E-state index contributed by atoms with van der Waals surface area (Å²) in [5, 5.41) is 0.771. The van der Waals surface area contributed by atoms with Crippen LogP contribution < -0.4 is 10.5 Å². The van der Waals surface area contributed by atoms with E-state index in [9.17, 15) is 0 Å². The zero-order valence-electron chi connectivity index (χ0n) is 9.92. The van der Waals surface area contributed by atoms with Crippen LogP contribution in [0.3, 0.4) is 0 Å². The second-order valence-electron chi connectivity index (χ2n) is 5.31. The molecule has 1 aromatic rings. The maximum absolute atomic E-state index is 6.25. The molecule has 2 aliphatic rings. The average molecular weight is 252 g/mol. The molecule has 0 radical (unpaired) electrons. The van der Waals surface area contributed by atoms with Crippen molar-refractivity contribution in [2.45, 2.75) is 43.6 Å². The zero-order chi connectivity index (χ0) is 11.9. The number of nitrogens with two attached hydrogens (primary N) is 1. The highest BCUT2D eigenvalue weighted by Crippen LogP contribution is 2.48. The summed E-state index contributed by atoms with van der Waals surface area (Å²) in [6.07, 6.45) is 5.95. The summed E-state index contributed by atoms with van der Waals surface area (Å²) in [4.78, 5) is 0. The smallest absolute Gasteiger partial charge is 0.123 e. The Kier molecular flexibility index (Phi) is 2.80. The maximum Gasteiger partial charge on any atom is 0.123 e. The first-order chi connectivity index (χ1) is 8.22. The first kappa shape index (κ1) is 11.4. The number of hydrogen-bond acceptors (Lipinski definition) is 2. The molecule has 1 fully saturated rings. The van der Waals surface area contributed by atoms with Gasteiger partial charge in [0.1, 0.15) is 11.4 Å². The van der Waals surface area contributed by atoms with Crippen LogP contribution in [0.25, 0.3) is 0 Å². The van der Waals surface area contributed by atoms with Crippen LogP contribution in [0.1, 0.15) is 43.6 Å². The predicted octanol–water partition coefficient (Wildman–Crippen LogP) is 3.48. The number of rotatable bonds is 1. The quantitative estimate of drug-likeness (QED) is 0.830. The Morgan fingerprint density at radius 2 is 2.12 bits per heavy atom. The molecule has 0 aromatic heterocycles. The molecule has 1 aromatic carbocycles. The van der Waals surface area contributed by atoms with Crippen LogP contribution in [0.15, 0.2) is 18.2 Å². The molecule has 2 nitrogen and oxygen atoms in total. The monoisotopic (exact) mass is 251 g/mol. The van der Waals surface area contributed by atoms with E-state index >= 15 is 0 Å². The number of hydrogen-bond donors (Lipinski definition) is 1. The van der Waals surface area contributed by atoms with Crippen LogP contribution >= 0.6 is 11.6 Å². The fraction of sp³-hybridized carbons (Fsp3) is 0.571. The Labute approximate surface area is 107 Å². The summed E-state index contributed by atoms with van der Waals surface area (Å²) >= 11 is 6.05. The van der Waals surface area contributed by atoms with E-state index in [1.807, 2.05) is 18.2 Å². The molecule has 1 unspecified atom stereocenters. The van der Waals surface area contributed by atoms with E-state index < -0.39 is 0 Å². The highest BCUT2D eigenvalue weighted by molar-refractivity contribution is 6.30. The lowest BCUT2D eigenvalue weighted by Gasteiger charge is -2.39. The van der Waals surface area contributed by atoms with Gasteiger partial charge in [-0.1, -0.05) is 11.6 Å². The van der Waals surface area contributed by atoms with E-state index in [0.717, 1.165) is 17.2 Å². The lowest BCUT2D eigenvalue weighted by Crippen LogP contribution is -2.40. The van der Waals surface area contributed by atoms with Gasteiger partial charge in [-0.15, -0.1) is 0 Å². The largest absolute Gasteiger partial charge is 0.487 e. The SMILES string of the molecule is NCC1CC2(CCCC2)Oc2ccc(Cl)cc21. The van der Waals surface area contributed by atoms with Crippen molar-refractivity contribution in [3.05, 3.63) is 28.8 Å². The van der Waals surface area contributed by atoms with Crippen LogP contribution in [0.5, 0.6) is 5.75 Å².